The number of hydrogen-bond acceptors (Lipinski definition) is 5. The molecular weight excluding hydrogens is 288 g/mol. The SMILES string of the molecule is CN1CCCC(NS(=O)(=O)c2cnc(N)c(Cl)c2)C1. The minimum absolute atomic E-state index is 0.0416. The zero-order chi connectivity index (χ0) is 14.0. The molecule has 0 amide bonds. The van der Waals surface area contributed by atoms with Crippen molar-refractivity contribution in [1.82, 2.24) is 14.6 Å². The Morgan fingerprint density at radius 2 is 2.32 bits per heavy atom. The highest BCUT2D eigenvalue weighted by atomic mass is 35.5. The molecule has 1 aromatic heterocycles. The van der Waals surface area contributed by atoms with Gasteiger partial charge in [0.25, 0.3) is 0 Å². The molecule has 1 aromatic rings. The van der Waals surface area contributed by atoms with E-state index in [0.717, 1.165) is 19.4 Å². The summed E-state index contributed by atoms with van der Waals surface area (Å²) in [6.07, 6.45) is 3.03. The van der Waals surface area contributed by atoms with Gasteiger partial charge in [0.15, 0.2) is 0 Å². The highest BCUT2D eigenvalue weighted by Crippen LogP contribution is 2.20. The number of hydrogen-bond donors (Lipinski definition) is 2. The van der Waals surface area contributed by atoms with Gasteiger partial charge in [-0.15, -0.1) is 0 Å². The van der Waals surface area contributed by atoms with Gasteiger partial charge < -0.3 is 10.6 Å². The summed E-state index contributed by atoms with van der Waals surface area (Å²) in [7, 11) is -1.63. The van der Waals surface area contributed by atoms with Crippen LogP contribution in [0, 0.1) is 0 Å². The van der Waals surface area contributed by atoms with Crippen molar-refractivity contribution in [1.29, 1.82) is 0 Å². The van der Waals surface area contributed by atoms with E-state index in [0.29, 0.717) is 6.54 Å². The molecule has 1 aliphatic heterocycles. The van der Waals surface area contributed by atoms with E-state index in [4.69, 9.17) is 17.3 Å². The van der Waals surface area contributed by atoms with Crippen LogP contribution in [-0.2, 0) is 10.0 Å². The van der Waals surface area contributed by atoms with Gasteiger partial charge in [0, 0.05) is 18.8 Å². The summed E-state index contributed by atoms with van der Waals surface area (Å²) >= 11 is 5.80. The number of likely N-dealkylation sites (N-methyl/N-ethyl adjacent to an activating group) is 1. The fraction of sp³-hybridized carbons (Fsp3) is 0.545. The number of piperidine rings is 1. The topological polar surface area (TPSA) is 88.3 Å². The second kappa shape index (κ2) is 5.62. The Morgan fingerprint density at radius 1 is 1.58 bits per heavy atom. The van der Waals surface area contributed by atoms with Crippen molar-refractivity contribution in [2.24, 2.45) is 0 Å². The maximum absolute atomic E-state index is 12.2. The fourth-order valence-corrected chi connectivity index (χ4v) is 3.59. The molecule has 8 heteroatoms. The average molecular weight is 305 g/mol. The van der Waals surface area contributed by atoms with E-state index in [-0.39, 0.29) is 21.8 Å². The number of nitrogens with one attached hydrogen (secondary N) is 1. The Kier molecular flexibility index (Phi) is 4.29. The van der Waals surface area contributed by atoms with Crippen molar-refractivity contribution in [2.75, 3.05) is 25.9 Å². The molecule has 19 heavy (non-hydrogen) atoms. The number of aromatic nitrogens is 1. The molecule has 1 atom stereocenters. The largest absolute Gasteiger partial charge is 0.382 e. The Labute approximate surface area is 118 Å². The number of sulfonamides is 1. The predicted octanol–water partition coefficient (Wildman–Crippen LogP) is 0.690. The quantitative estimate of drug-likeness (QED) is 0.858. The standard InChI is InChI=1S/C11H17ClN4O2S/c1-16-4-2-3-8(7-16)15-19(17,18)9-5-10(12)11(13)14-6-9/h5-6,8,15H,2-4,7H2,1H3,(H2,13,14). The van der Waals surface area contributed by atoms with Crippen molar-refractivity contribution < 1.29 is 8.42 Å². The van der Waals surface area contributed by atoms with Crippen LogP contribution in [0.4, 0.5) is 5.82 Å². The Balaban J connectivity index is 2.15. The van der Waals surface area contributed by atoms with E-state index in [2.05, 4.69) is 14.6 Å². The molecule has 3 N–H and O–H groups in total. The van der Waals surface area contributed by atoms with E-state index in [1.807, 2.05) is 7.05 Å². The summed E-state index contributed by atoms with van der Waals surface area (Å²) in [5, 5.41) is 0.142. The average Bonchev–Trinajstić information content (AvgIpc) is 2.32. The van der Waals surface area contributed by atoms with E-state index in [1.54, 1.807) is 0 Å². The molecule has 6 nitrogen and oxygen atoms in total. The van der Waals surface area contributed by atoms with Crippen molar-refractivity contribution in [3.63, 3.8) is 0 Å². The molecule has 0 aliphatic carbocycles. The number of nitrogen functional groups attached to an aromatic ring is 1. The van der Waals surface area contributed by atoms with Gasteiger partial charge >= 0.3 is 0 Å². The normalized spacial score (nSPS) is 21.5. The fourth-order valence-electron chi connectivity index (χ4n) is 2.13. The first-order valence-electron chi connectivity index (χ1n) is 6.00. The molecule has 2 heterocycles. The number of likely N-dealkylation sites (tertiary alicyclic amines) is 1. The minimum atomic E-state index is -3.60. The van der Waals surface area contributed by atoms with Crippen molar-refractivity contribution in [2.45, 2.75) is 23.8 Å². The van der Waals surface area contributed by atoms with Crippen LogP contribution in [-0.4, -0.2) is 44.5 Å². The molecule has 0 spiro atoms. The third-order valence-corrected chi connectivity index (χ3v) is 4.89. The molecule has 1 unspecified atom stereocenters. The smallest absolute Gasteiger partial charge is 0.242 e. The van der Waals surface area contributed by atoms with Crippen LogP contribution < -0.4 is 10.5 Å². The van der Waals surface area contributed by atoms with Crippen molar-refractivity contribution in [3.8, 4) is 0 Å². The van der Waals surface area contributed by atoms with Gasteiger partial charge in [-0.25, -0.2) is 18.1 Å². The second-order valence-electron chi connectivity index (χ2n) is 4.76. The summed E-state index contributed by atoms with van der Waals surface area (Å²) in [5.41, 5.74) is 5.47. The molecule has 0 radical (unpaired) electrons. The predicted molar refractivity (Wildman–Crippen MR) is 74.5 cm³/mol. The highest BCUT2D eigenvalue weighted by molar-refractivity contribution is 7.89. The molecule has 1 aliphatic rings. The van der Waals surface area contributed by atoms with Gasteiger partial charge in [-0.2, -0.15) is 0 Å². The van der Waals surface area contributed by atoms with Gasteiger partial charge in [-0.05, 0) is 32.5 Å². The van der Waals surface area contributed by atoms with Crippen LogP contribution in [0.15, 0.2) is 17.2 Å². The lowest BCUT2D eigenvalue weighted by Gasteiger charge is -2.29. The zero-order valence-corrected chi connectivity index (χ0v) is 12.2. The number of anilines is 1. The highest BCUT2D eigenvalue weighted by Gasteiger charge is 2.24. The lowest BCUT2D eigenvalue weighted by Crippen LogP contribution is -2.46. The van der Waals surface area contributed by atoms with Gasteiger partial charge in [0.1, 0.15) is 10.7 Å². The lowest BCUT2D eigenvalue weighted by molar-refractivity contribution is 0.242. The Morgan fingerprint density at radius 3 is 2.95 bits per heavy atom. The third-order valence-electron chi connectivity index (χ3n) is 3.10. The van der Waals surface area contributed by atoms with Gasteiger partial charge in [-0.1, -0.05) is 11.6 Å². The number of pyridine rings is 1. The monoisotopic (exact) mass is 304 g/mol. The first-order chi connectivity index (χ1) is 8.88. The summed E-state index contributed by atoms with van der Waals surface area (Å²) in [5.74, 6) is 0.123. The molecule has 1 saturated heterocycles. The van der Waals surface area contributed by atoms with Crippen LogP contribution in [0.2, 0.25) is 5.02 Å². The molecule has 2 rings (SSSR count). The number of halogens is 1. The van der Waals surface area contributed by atoms with Gasteiger partial charge in [0.05, 0.1) is 5.02 Å². The van der Waals surface area contributed by atoms with E-state index in [1.165, 1.54) is 12.3 Å². The van der Waals surface area contributed by atoms with E-state index >= 15 is 0 Å². The lowest BCUT2D eigenvalue weighted by atomic mass is 10.1. The first-order valence-corrected chi connectivity index (χ1v) is 7.86. The van der Waals surface area contributed by atoms with Gasteiger partial charge in [0.2, 0.25) is 10.0 Å². The minimum Gasteiger partial charge on any atom is -0.382 e. The maximum Gasteiger partial charge on any atom is 0.242 e. The molecule has 106 valence electrons. The van der Waals surface area contributed by atoms with Crippen molar-refractivity contribution in [3.05, 3.63) is 17.3 Å². The Bertz CT molecular complexity index is 564. The van der Waals surface area contributed by atoms with E-state index < -0.39 is 10.0 Å². The molecular formula is C11H17ClN4O2S. The van der Waals surface area contributed by atoms with Crippen LogP contribution in [0.25, 0.3) is 0 Å². The number of nitrogens with two attached hydrogens (primary N) is 1. The molecule has 0 aromatic carbocycles. The molecule has 0 bridgehead atoms. The Hall–Kier alpha value is -0.890. The molecule has 0 saturated carbocycles. The summed E-state index contributed by atoms with van der Waals surface area (Å²) in [6.45, 7) is 1.70. The van der Waals surface area contributed by atoms with Crippen LogP contribution in [0.3, 0.4) is 0 Å². The molecule has 1 fully saturated rings. The number of rotatable bonds is 3. The van der Waals surface area contributed by atoms with Crippen LogP contribution in [0.1, 0.15) is 12.8 Å². The summed E-state index contributed by atoms with van der Waals surface area (Å²) in [4.78, 5) is 5.91. The van der Waals surface area contributed by atoms with E-state index in [9.17, 15) is 8.42 Å². The second-order valence-corrected chi connectivity index (χ2v) is 6.88. The zero-order valence-electron chi connectivity index (χ0n) is 10.6. The third kappa shape index (κ3) is 3.56. The van der Waals surface area contributed by atoms with Gasteiger partial charge in [-0.3, -0.25) is 0 Å². The van der Waals surface area contributed by atoms with Crippen LogP contribution >= 0.6 is 11.6 Å². The summed E-state index contributed by atoms with van der Waals surface area (Å²) < 4.78 is 27.1. The summed E-state index contributed by atoms with van der Waals surface area (Å²) in [6, 6.07) is 1.23. The van der Waals surface area contributed by atoms with Crippen LogP contribution in [0.5, 0.6) is 0 Å². The van der Waals surface area contributed by atoms with Crippen molar-refractivity contribution >= 4 is 27.4 Å². The first kappa shape index (κ1) is 14.5. The maximum atomic E-state index is 12.2. The number of nitrogens with zero attached hydrogens (tertiary/aromatic N) is 2.